The molecule has 1 aromatic carbocycles. The lowest BCUT2D eigenvalue weighted by atomic mass is 9.99. The van der Waals surface area contributed by atoms with Gasteiger partial charge in [0.2, 0.25) is 0 Å². The van der Waals surface area contributed by atoms with Crippen molar-refractivity contribution in [2.45, 2.75) is 26.4 Å². The zero-order chi connectivity index (χ0) is 10.4. The van der Waals surface area contributed by atoms with Crippen molar-refractivity contribution in [2.24, 2.45) is 0 Å². The van der Waals surface area contributed by atoms with Gasteiger partial charge in [-0.05, 0) is 23.1 Å². The van der Waals surface area contributed by atoms with Crippen molar-refractivity contribution in [1.29, 1.82) is 0 Å². The molecule has 0 spiro atoms. The molecule has 4 N–H and O–H groups in total. The Kier molecular flexibility index (Phi) is 4.55. The number of rotatable bonds is 5. The van der Waals surface area contributed by atoms with Crippen molar-refractivity contribution in [2.75, 3.05) is 0 Å². The molecule has 0 unspecified atom stereocenters. The van der Waals surface area contributed by atoms with E-state index >= 15 is 0 Å². The largest absolute Gasteiger partial charge is 0.316 e. The molecule has 0 bridgehead atoms. The lowest BCUT2D eigenvalue weighted by molar-refractivity contribution is 0.159. The molecular weight excluding hydrogens is 180 g/mol. The van der Waals surface area contributed by atoms with E-state index in [2.05, 4.69) is 17.9 Å². The zero-order valence-electron chi connectivity index (χ0n) is 8.25. The van der Waals surface area contributed by atoms with Gasteiger partial charge in [-0.2, -0.15) is 0 Å². The van der Waals surface area contributed by atoms with Gasteiger partial charge in [-0.15, -0.1) is 0 Å². The minimum Gasteiger partial charge on any atom is -0.316 e. The van der Waals surface area contributed by atoms with E-state index in [0.29, 0.717) is 13.1 Å². The van der Waals surface area contributed by atoms with Crippen LogP contribution in [0.2, 0.25) is 0 Å². The Morgan fingerprint density at radius 2 is 1.57 bits per heavy atom. The molecule has 14 heavy (non-hydrogen) atoms. The van der Waals surface area contributed by atoms with Crippen molar-refractivity contribution in [1.82, 2.24) is 11.0 Å². The van der Waals surface area contributed by atoms with E-state index in [0.717, 1.165) is 23.1 Å². The predicted octanol–water partition coefficient (Wildman–Crippen LogP) is 1.21. The average Bonchev–Trinajstić information content (AvgIpc) is 2.19. The van der Waals surface area contributed by atoms with E-state index in [4.69, 9.17) is 10.4 Å². The normalized spacial score (nSPS) is 10.5. The molecule has 0 radical (unpaired) electrons. The van der Waals surface area contributed by atoms with Crippen molar-refractivity contribution in [3.8, 4) is 0 Å². The summed E-state index contributed by atoms with van der Waals surface area (Å²) in [6.45, 7) is 2.92. The van der Waals surface area contributed by atoms with E-state index in [1.165, 1.54) is 0 Å². The van der Waals surface area contributed by atoms with Gasteiger partial charge >= 0.3 is 0 Å². The Hall–Kier alpha value is -0.940. The second-order valence-corrected chi connectivity index (χ2v) is 3.08. The second-order valence-electron chi connectivity index (χ2n) is 3.08. The van der Waals surface area contributed by atoms with Crippen LogP contribution in [0.4, 0.5) is 0 Å². The molecule has 78 valence electrons. The van der Waals surface area contributed by atoms with Crippen molar-refractivity contribution < 1.29 is 10.4 Å². The molecular formula is C10H16N2O2. The first kappa shape index (κ1) is 11.1. The number of nitrogens with one attached hydrogen (secondary N) is 2. The van der Waals surface area contributed by atoms with Crippen LogP contribution in [0, 0.1) is 0 Å². The second kappa shape index (κ2) is 5.72. The van der Waals surface area contributed by atoms with Crippen LogP contribution in [-0.2, 0) is 19.5 Å². The Labute approximate surface area is 83.5 Å². The zero-order valence-corrected chi connectivity index (χ0v) is 8.25. The third-order valence-electron chi connectivity index (χ3n) is 2.26. The maximum Gasteiger partial charge on any atom is 0.0460 e. The summed E-state index contributed by atoms with van der Waals surface area (Å²) < 4.78 is 0. The fourth-order valence-corrected chi connectivity index (χ4v) is 1.64. The monoisotopic (exact) mass is 196 g/mol. The first-order chi connectivity index (χ1) is 6.83. The van der Waals surface area contributed by atoms with E-state index in [1.807, 2.05) is 18.2 Å². The van der Waals surface area contributed by atoms with Crippen LogP contribution in [0.5, 0.6) is 0 Å². The Bertz CT molecular complexity index is 265. The van der Waals surface area contributed by atoms with Crippen LogP contribution >= 0.6 is 0 Å². The predicted molar refractivity (Wildman–Crippen MR) is 53.1 cm³/mol. The number of hydroxylamine groups is 2. The van der Waals surface area contributed by atoms with E-state index < -0.39 is 0 Å². The Balaban J connectivity index is 2.98. The van der Waals surface area contributed by atoms with Crippen molar-refractivity contribution >= 4 is 0 Å². The molecule has 0 aliphatic carbocycles. The minimum atomic E-state index is 0.433. The van der Waals surface area contributed by atoms with Gasteiger partial charge in [-0.3, -0.25) is 0 Å². The first-order valence-electron chi connectivity index (χ1n) is 4.67. The van der Waals surface area contributed by atoms with Gasteiger partial charge in [-0.1, -0.05) is 25.1 Å². The van der Waals surface area contributed by atoms with E-state index in [1.54, 1.807) is 0 Å². The summed E-state index contributed by atoms with van der Waals surface area (Å²) in [5, 5.41) is 17.3. The number of hydrogen-bond acceptors (Lipinski definition) is 4. The van der Waals surface area contributed by atoms with Gasteiger partial charge < -0.3 is 10.4 Å². The molecule has 0 atom stereocenters. The number of benzene rings is 1. The van der Waals surface area contributed by atoms with E-state index in [-0.39, 0.29) is 0 Å². The minimum absolute atomic E-state index is 0.433. The standard InChI is InChI=1S/C10H16N2O2/c1-2-10-8(6-11-13)4-3-5-9(10)7-12-14/h3-5,11-14H,2,6-7H2,1H3. The highest BCUT2D eigenvalue weighted by Crippen LogP contribution is 2.15. The molecule has 0 amide bonds. The van der Waals surface area contributed by atoms with Gasteiger partial charge in [-0.25, -0.2) is 11.0 Å². The SMILES string of the molecule is CCc1c(CNO)cccc1CNO. The maximum atomic E-state index is 8.65. The van der Waals surface area contributed by atoms with Crippen LogP contribution < -0.4 is 11.0 Å². The molecule has 4 nitrogen and oxygen atoms in total. The highest BCUT2D eigenvalue weighted by atomic mass is 16.5. The molecule has 1 aromatic rings. The third kappa shape index (κ3) is 2.52. The van der Waals surface area contributed by atoms with Gasteiger partial charge in [0.05, 0.1) is 0 Å². The van der Waals surface area contributed by atoms with Gasteiger partial charge in [0.15, 0.2) is 0 Å². The molecule has 0 heterocycles. The summed E-state index contributed by atoms with van der Waals surface area (Å²) in [5.41, 5.74) is 7.57. The van der Waals surface area contributed by atoms with Crippen LogP contribution in [0.15, 0.2) is 18.2 Å². The molecule has 4 heteroatoms. The third-order valence-corrected chi connectivity index (χ3v) is 2.26. The number of hydrogen-bond donors (Lipinski definition) is 4. The molecule has 1 rings (SSSR count). The summed E-state index contributed by atoms with van der Waals surface area (Å²) in [4.78, 5) is 0. The van der Waals surface area contributed by atoms with Gasteiger partial charge in [0.25, 0.3) is 0 Å². The Morgan fingerprint density at radius 1 is 1.07 bits per heavy atom. The highest BCUT2D eigenvalue weighted by Gasteiger charge is 2.05. The lowest BCUT2D eigenvalue weighted by Gasteiger charge is -2.12. The van der Waals surface area contributed by atoms with Crippen LogP contribution in [0.1, 0.15) is 23.6 Å². The topological polar surface area (TPSA) is 64.5 Å². The maximum absolute atomic E-state index is 8.65. The smallest absolute Gasteiger partial charge is 0.0460 e. The van der Waals surface area contributed by atoms with Crippen LogP contribution in [-0.4, -0.2) is 10.4 Å². The van der Waals surface area contributed by atoms with Crippen LogP contribution in [0.25, 0.3) is 0 Å². The molecule has 0 aliphatic heterocycles. The molecule has 0 saturated heterocycles. The van der Waals surface area contributed by atoms with Gasteiger partial charge in [0.1, 0.15) is 0 Å². The summed E-state index contributed by atoms with van der Waals surface area (Å²) in [7, 11) is 0. The lowest BCUT2D eigenvalue weighted by Crippen LogP contribution is -2.13. The molecule has 0 saturated carbocycles. The summed E-state index contributed by atoms with van der Waals surface area (Å²) in [5.74, 6) is 0. The van der Waals surface area contributed by atoms with Gasteiger partial charge in [0, 0.05) is 13.1 Å². The molecule has 0 aromatic heterocycles. The van der Waals surface area contributed by atoms with Crippen molar-refractivity contribution in [3.05, 3.63) is 34.9 Å². The van der Waals surface area contributed by atoms with E-state index in [9.17, 15) is 0 Å². The fraction of sp³-hybridized carbons (Fsp3) is 0.400. The Morgan fingerprint density at radius 3 is 1.93 bits per heavy atom. The molecule has 0 aliphatic rings. The first-order valence-corrected chi connectivity index (χ1v) is 4.67. The quantitative estimate of drug-likeness (QED) is 0.534. The van der Waals surface area contributed by atoms with Crippen LogP contribution in [0.3, 0.4) is 0 Å². The highest BCUT2D eigenvalue weighted by molar-refractivity contribution is 5.35. The fourth-order valence-electron chi connectivity index (χ4n) is 1.64. The molecule has 0 fully saturated rings. The average molecular weight is 196 g/mol. The summed E-state index contributed by atoms with van der Waals surface area (Å²) in [6, 6.07) is 5.84. The van der Waals surface area contributed by atoms with Crippen molar-refractivity contribution in [3.63, 3.8) is 0 Å². The summed E-state index contributed by atoms with van der Waals surface area (Å²) >= 11 is 0. The summed E-state index contributed by atoms with van der Waals surface area (Å²) in [6.07, 6.45) is 0.884.